The molecule has 1 aliphatic carbocycles. The van der Waals surface area contributed by atoms with Crippen LogP contribution in [-0.4, -0.2) is 5.97 Å². The summed E-state index contributed by atoms with van der Waals surface area (Å²) in [5.41, 5.74) is 4.14. The number of hydrogen-bond acceptors (Lipinski definition) is 3. The molecule has 94 valence electrons. The molecule has 1 aliphatic heterocycles. The minimum atomic E-state index is -0.257. The standard InChI is InChI=1S/C15H16O3/c1-9-4-3-5-11-7-13(18-15(11)16)14-10(2)8-17-12(14)6-9/h4,7-8,13H,3,5-6H2,1-2H3/b9-4+. The van der Waals surface area contributed by atoms with Crippen LogP contribution in [0.15, 0.2) is 34.0 Å². The van der Waals surface area contributed by atoms with E-state index < -0.39 is 0 Å². The summed E-state index contributed by atoms with van der Waals surface area (Å²) in [4.78, 5) is 11.8. The Hall–Kier alpha value is -1.77. The Morgan fingerprint density at radius 2 is 2.17 bits per heavy atom. The highest BCUT2D eigenvalue weighted by Gasteiger charge is 2.30. The maximum Gasteiger partial charge on any atom is 0.334 e. The number of carbonyl (C=O) groups is 1. The van der Waals surface area contributed by atoms with E-state index in [0.29, 0.717) is 0 Å². The van der Waals surface area contributed by atoms with Crippen LogP contribution in [0.25, 0.3) is 0 Å². The van der Waals surface area contributed by atoms with Gasteiger partial charge in [-0.15, -0.1) is 0 Å². The van der Waals surface area contributed by atoms with E-state index in [9.17, 15) is 4.79 Å². The van der Waals surface area contributed by atoms with Crippen molar-refractivity contribution in [3.05, 3.63) is 46.4 Å². The van der Waals surface area contributed by atoms with Crippen molar-refractivity contribution in [3.8, 4) is 0 Å². The number of esters is 1. The van der Waals surface area contributed by atoms with Gasteiger partial charge in [0.2, 0.25) is 0 Å². The first kappa shape index (κ1) is 11.3. The van der Waals surface area contributed by atoms with Gasteiger partial charge < -0.3 is 9.15 Å². The summed E-state index contributed by atoms with van der Waals surface area (Å²) in [6, 6.07) is 0. The first-order valence-corrected chi connectivity index (χ1v) is 6.29. The third-order valence-corrected chi connectivity index (χ3v) is 3.58. The van der Waals surface area contributed by atoms with Gasteiger partial charge in [-0.3, -0.25) is 0 Å². The van der Waals surface area contributed by atoms with Gasteiger partial charge >= 0.3 is 5.97 Å². The molecule has 0 radical (unpaired) electrons. The van der Waals surface area contributed by atoms with Crippen molar-refractivity contribution < 1.29 is 13.9 Å². The molecule has 1 atom stereocenters. The predicted molar refractivity (Wildman–Crippen MR) is 67.1 cm³/mol. The molecule has 0 aromatic carbocycles. The van der Waals surface area contributed by atoms with Gasteiger partial charge in [-0.05, 0) is 38.3 Å². The van der Waals surface area contributed by atoms with Crippen LogP contribution < -0.4 is 0 Å². The number of carbonyl (C=O) groups excluding carboxylic acids is 1. The number of aryl methyl sites for hydroxylation is 1. The van der Waals surface area contributed by atoms with Gasteiger partial charge in [-0.2, -0.15) is 0 Å². The van der Waals surface area contributed by atoms with E-state index in [0.717, 1.165) is 41.7 Å². The molecule has 3 nitrogen and oxygen atoms in total. The van der Waals surface area contributed by atoms with Crippen LogP contribution in [0.4, 0.5) is 0 Å². The molecular formula is C15H16O3. The van der Waals surface area contributed by atoms with Crippen LogP contribution in [0.1, 0.15) is 42.8 Å². The highest BCUT2D eigenvalue weighted by atomic mass is 16.5. The second kappa shape index (κ2) is 4.16. The molecular weight excluding hydrogens is 228 g/mol. The molecule has 0 saturated carbocycles. The number of ether oxygens (including phenoxy) is 1. The first-order chi connectivity index (χ1) is 8.65. The highest BCUT2D eigenvalue weighted by Crippen LogP contribution is 2.36. The molecule has 0 spiro atoms. The van der Waals surface area contributed by atoms with Crippen molar-refractivity contribution in [2.45, 2.75) is 39.2 Å². The fourth-order valence-corrected chi connectivity index (χ4v) is 2.63. The summed E-state index contributed by atoms with van der Waals surface area (Å²) in [6.07, 6.45) is 8.04. The average molecular weight is 244 g/mol. The van der Waals surface area contributed by atoms with Crippen LogP contribution in [-0.2, 0) is 16.0 Å². The normalized spacial score (nSPS) is 25.9. The number of rotatable bonds is 0. The quantitative estimate of drug-likeness (QED) is 0.518. The van der Waals surface area contributed by atoms with Crippen molar-refractivity contribution in [3.63, 3.8) is 0 Å². The van der Waals surface area contributed by atoms with E-state index in [2.05, 4.69) is 13.0 Å². The highest BCUT2D eigenvalue weighted by molar-refractivity contribution is 5.91. The minimum absolute atomic E-state index is 0.181. The Morgan fingerprint density at radius 3 is 3.00 bits per heavy atom. The molecule has 0 amide bonds. The molecule has 2 heterocycles. The number of hydrogen-bond donors (Lipinski definition) is 0. The zero-order valence-electron chi connectivity index (χ0n) is 10.7. The molecule has 2 aliphatic rings. The lowest BCUT2D eigenvalue weighted by Gasteiger charge is -2.10. The largest absolute Gasteiger partial charge is 0.468 e. The van der Waals surface area contributed by atoms with Crippen molar-refractivity contribution in [1.82, 2.24) is 0 Å². The van der Waals surface area contributed by atoms with E-state index in [1.807, 2.05) is 13.0 Å². The van der Waals surface area contributed by atoms with Crippen molar-refractivity contribution in [2.75, 3.05) is 0 Å². The Bertz CT molecular complexity index is 560. The number of fused-ring (bicyclic) bond motifs is 3. The van der Waals surface area contributed by atoms with Gasteiger partial charge in [0.15, 0.2) is 0 Å². The van der Waals surface area contributed by atoms with Crippen LogP contribution in [0.5, 0.6) is 0 Å². The van der Waals surface area contributed by atoms with Crippen molar-refractivity contribution in [1.29, 1.82) is 0 Å². The smallest absolute Gasteiger partial charge is 0.334 e. The maximum atomic E-state index is 11.8. The third kappa shape index (κ3) is 1.80. The van der Waals surface area contributed by atoms with Gasteiger partial charge in [-0.25, -0.2) is 4.79 Å². The third-order valence-electron chi connectivity index (χ3n) is 3.58. The summed E-state index contributed by atoms with van der Waals surface area (Å²) < 4.78 is 11.1. The lowest BCUT2D eigenvalue weighted by molar-refractivity contribution is -0.140. The first-order valence-electron chi connectivity index (χ1n) is 6.29. The summed E-state index contributed by atoms with van der Waals surface area (Å²) in [6.45, 7) is 4.09. The molecule has 0 saturated heterocycles. The van der Waals surface area contributed by atoms with E-state index >= 15 is 0 Å². The monoisotopic (exact) mass is 244 g/mol. The molecule has 3 rings (SSSR count). The molecule has 0 N–H and O–H groups in total. The van der Waals surface area contributed by atoms with Crippen molar-refractivity contribution in [2.24, 2.45) is 0 Å². The Morgan fingerprint density at radius 1 is 1.33 bits per heavy atom. The molecule has 1 aromatic rings. The summed E-state index contributed by atoms with van der Waals surface area (Å²) in [5.74, 6) is 0.734. The molecule has 3 heteroatoms. The number of furan rings is 1. The number of allylic oxidation sites excluding steroid dienone is 2. The maximum absolute atomic E-state index is 11.8. The van der Waals surface area contributed by atoms with Crippen LogP contribution in [0.3, 0.4) is 0 Å². The SMILES string of the molecule is C/C1=C\CCC2=CC(OC2=O)c2c(C)coc2C1. The van der Waals surface area contributed by atoms with E-state index in [1.165, 1.54) is 5.57 Å². The molecule has 1 aromatic heterocycles. The lowest BCUT2D eigenvalue weighted by Crippen LogP contribution is -2.04. The summed E-state index contributed by atoms with van der Waals surface area (Å²) in [7, 11) is 0. The molecule has 18 heavy (non-hydrogen) atoms. The minimum Gasteiger partial charge on any atom is -0.468 e. The topological polar surface area (TPSA) is 39.4 Å². The predicted octanol–water partition coefficient (Wildman–Crippen LogP) is 3.39. The van der Waals surface area contributed by atoms with Crippen LogP contribution in [0.2, 0.25) is 0 Å². The van der Waals surface area contributed by atoms with Gasteiger partial charge in [0.1, 0.15) is 11.9 Å². The zero-order valence-corrected chi connectivity index (χ0v) is 10.7. The Labute approximate surface area is 106 Å². The van der Waals surface area contributed by atoms with Gasteiger partial charge in [-0.1, -0.05) is 11.6 Å². The van der Waals surface area contributed by atoms with Gasteiger partial charge in [0.05, 0.1) is 6.26 Å². The molecule has 2 bridgehead atoms. The van der Waals surface area contributed by atoms with Gasteiger partial charge in [0, 0.05) is 17.6 Å². The van der Waals surface area contributed by atoms with Crippen LogP contribution in [0, 0.1) is 6.92 Å². The Kier molecular flexibility index (Phi) is 2.62. The second-order valence-electron chi connectivity index (χ2n) is 5.04. The Balaban J connectivity index is 2.10. The summed E-state index contributed by atoms with van der Waals surface area (Å²) >= 11 is 0. The average Bonchev–Trinajstić information content (AvgIpc) is 2.83. The van der Waals surface area contributed by atoms with Crippen LogP contribution >= 0.6 is 0 Å². The fraction of sp³-hybridized carbons (Fsp3) is 0.400. The van der Waals surface area contributed by atoms with E-state index in [4.69, 9.17) is 9.15 Å². The molecule has 0 fully saturated rings. The fourth-order valence-electron chi connectivity index (χ4n) is 2.63. The van der Waals surface area contributed by atoms with E-state index in [1.54, 1.807) is 6.26 Å². The molecule has 1 unspecified atom stereocenters. The summed E-state index contributed by atoms with van der Waals surface area (Å²) in [5, 5.41) is 0. The lowest BCUT2D eigenvalue weighted by atomic mass is 9.98. The van der Waals surface area contributed by atoms with E-state index in [-0.39, 0.29) is 12.1 Å². The van der Waals surface area contributed by atoms with Crippen molar-refractivity contribution >= 4 is 5.97 Å². The second-order valence-corrected chi connectivity index (χ2v) is 5.04. The zero-order chi connectivity index (χ0) is 12.7. The van der Waals surface area contributed by atoms with Gasteiger partial charge in [0.25, 0.3) is 0 Å².